The summed E-state index contributed by atoms with van der Waals surface area (Å²) in [7, 11) is 0.0732. The summed E-state index contributed by atoms with van der Waals surface area (Å²) in [5, 5.41) is 0. The van der Waals surface area contributed by atoms with Crippen LogP contribution in [0.1, 0.15) is 0 Å². The van der Waals surface area contributed by atoms with Gasteiger partial charge in [-0.2, -0.15) is 0 Å². The summed E-state index contributed by atoms with van der Waals surface area (Å²) >= 11 is 0. The lowest BCUT2D eigenvalue weighted by molar-refractivity contribution is 0.147. The van der Waals surface area contributed by atoms with Gasteiger partial charge in [-0.05, 0) is 19.6 Å². The zero-order valence-electron chi connectivity index (χ0n) is 7.68. The van der Waals surface area contributed by atoms with Crippen LogP contribution in [0.15, 0.2) is 24.7 Å². The maximum atomic E-state index is 5.53. The van der Waals surface area contributed by atoms with Crippen LogP contribution in [0, 0.1) is 0 Å². The zero-order valence-corrected chi connectivity index (χ0v) is 8.68. The van der Waals surface area contributed by atoms with Gasteiger partial charge in [0, 0.05) is 6.08 Å². The van der Waals surface area contributed by atoms with E-state index in [-0.39, 0.29) is 0 Å². The number of hydrogen-bond acceptors (Lipinski definition) is 2. The molecule has 0 aliphatic rings. The van der Waals surface area contributed by atoms with Gasteiger partial charge in [0.2, 0.25) is 8.32 Å². The van der Waals surface area contributed by atoms with E-state index < -0.39 is 8.32 Å². The first-order chi connectivity index (χ1) is 4.99. The largest absolute Gasteiger partial charge is 0.520 e. The van der Waals surface area contributed by atoms with Gasteiger partial charge in [0.05, 0.1) is 7.11 Å². The van der Waals surface area contributed by atoms with E-state index in [1.807, 2.05) is 0 Å². The zero-order chi connectivity index (χ0) is 8.91. The van der Waals surface area contributed by atoms with Gasteiger partial charge in [-0.25, -0.2) is 0 Å². The molecule has 3 heteroatoms. The molecule has 0 aliphatic heterocycles. The molecule has 0 atom stereocenters. The molecular weight excluding hydrogens is 156 g/mol. The van der Waals surface area contributed by atoms with Crippen LogP contribution >= 0.6 is 0 Å². The third-order valence-electron chi connectivity index (χ3n) is 0.862. The van der Waals surface area contributed by atoms with Gasteiger partial charge in [-0.3, -0.25) is 0 Å². The van der Waals surface area contributed by atoms with Crippen LogP contribution in [0.4, 0.5) is 0 Å². The molecule has 0 aromatic carbocycles. The second-order valence-corrected chi connectivity index (χ2v) is 7.57. The van der Waals surface area contributed by atoms with Crippen LogP contribution in [0.25, 0.3) is 0 Å². The summed E-state index contributed by atoms with van der Waals surface area (Å²) in [6.07, 6.45) is 3.37. The number of ether oxygens (including phenoxy) is 1. The topological polar surface area (TPSA) is 18.5 Å². The van der Waals surface area contributed by atoms with E-state index in [0.29, 0.717) is 5.95 Å². The van der Waals surface area contributed by atoms with Crippen LogP contribution in [0.2, 0.25) is 19.6 Å². The van der Waals surface area contributed by atoms with Crippen molar-refractivity contribution in [1.82, 2.24) is 0 Å². The van der Waals surface area contributed by atoms with E-state index in [2.05, 4.69) is 26.2 Å². The monoisotopic (exact) mass is 172 g/mol. The maximum absolute atomic E-state index is 5.53. The molecule has 0 aromatic rings. The van der Waals surface area contributed by atoms with E-state index in [1.54, 1.807) is 19.3 Å². The van der Waals surface area contributed by atoms with Crippen molar-refractivity contribution in [2.45, 2.75) is 19.6 Å². The molecule has 0 N–H and O–H groups in total. The summed E-state index contributed by atoms with van der Waals surface area (Å²) in [4.78, 5) is 0. The van der Waals surface area contributed by atoms with Crippen molar-refractivity contribution in [2.24, 2.45) is 0 Å². The van der Waals surface area contributed by atoms with Crippen molar-refractivity contribution in [3.8, 4) is 0 Å². The Balaban J connectivity index is 4.09. The fourth-order valence-corrected chi connectivity index (χ4v) is 1.30. The van der Waals surface area contributed by atoms with E-state index in [0.717, 1.165) is 0 Å². The highest BCUT2D eigenvalue weighted by Crippen LogP contribution is 2.10. The quantitative estimate of drug-likeness (QED) is 0.368. The minimum absolute atomic E-state index is 0.555. The molecule has 64 valence electrons. The summed E-state index contributed by atoms with van der Waals surface area (Å²) in [6, 6.07) is 0. The lowest BCUT2D eigenvalue weighted by Gasteiger charge is -2.19. The smallest absolute Gasteiger partial charge is 0.264 e. The first kappa shape index (κ1) is 10.3. The van der Waals surface area contributed by atoms with Crippen molar-refractivity contribution in [3.63, 3.8) is 0 Å². The van der Waals surface area contributed by atoms with Crippen LogP contribution in [-0.2, 0) is 9.16 Å². The standard InChI is InChI=1S/C8H16O2Si/c1-6-7-8(9-2)10-11(3,4)5/h6-7H,1H2,2-5H3/b8-7-. The van der Waals surface area contributed by atoms with E-state index >= 15 is 0 Å². The Morgan fingerprint density at radius 2 is 1.91 bits per heavy atom. The summed E-state index contributed by atoms with van der Waals surface area (Å²) in [5.74, 6) is 0.555. The highest BCUT2D eigenvalue weighted by molar-refractivity contribution is 6.69. The maximum Gasteiger partial charge on any atom is 0.264 e. The van der Waals surface area contributed by atoms with Gasteiger partial charge in [-0.15, -0.1) is 0 Å². The normalized spacial score (nSPS) is 12.5. The Morgan fingerprint density at radius 1 is 1.36 bits per heavy atom. The van der Waals surface area contributed by atoms with Crippen LogP contribution in [-0.4, -0.2) is 15.4 Å². The number of rotatable bonds is 4. The highest BCUT2D eigenvalue weighted by Gasteiger charge is 2.17. The van der Waals surface area contributed by atoms with Gasteiger partial charge in [0.25, 0.3) is 5.95 Å². The summed E-state index contributed by atoms with van der Waals surface area (Å²) in [6.45, 7) is 9.86. The molecule has 0 amide bonds. The molecule has 0 rings (SSSR count). The molecule has 0 radical (unpaired) electrons. The van der Waals surface area contributed by atoms with Gasteiger partial charge >= 0.3 is 0 Å². The summed E-state index contributed by atoms with van der Waals surface area (Å²) < 4.78 is 10.5. The first-order valence-electron chi connectivity index (χ1n) is 3.55. The lowest BCUT2D eigenvalue weighted by Crippen LogP contribution is -2.25. The van der Waals surface area contributed by atoms with Crippen molar-refractivity contribution >= 4 is 8.32 Å². The van der Waals surface area contributed by atoms with E-state index in [9.17, 15) is 0 Å². The lowest BCUT2D eigenvalue weighted by atomic mass is 10.6. The number of allylic oxidation sites excluding steroid dienone is 2. The molecule has 0 fully saturated rings. The van der Waals surface area contributed by atoms with Crippen molar-refractivity contribution < 1.29 is 9.16 Å². The molecule has 11 heavy (non-hydrogen) atoms. The minimum atomic E-state index is -1.52. The Labute approximate surface area is 69.6 Å². The number of hydrogen-bond donors (Lipinski definition) is 0. The molecule has 0 aromatic heterocycles. The molecule has 0 bridgehead atoms. The predicted octanol–water partition coefficient (Wildman–Crippen LogP) is 2.51. The molecule has 0 saturated heterocycles. The Hall–Kier alpha value is -0.703. The third kappa shape index (κ3) is 5.73. The van der Waals surface area contributed by atoms with Gasteiger partial charge in [-0.1, -0.05) is 12.7 Å². The number of methoxy groups -OCH3 is 1. The van der Waals surface area contributed by atoms with Crippen molar-refractivity contribution in [3.05, 3.63) is 24.7 Å². The molecule has 2 nitrogen and oxygen atoms in total. The minimum Gasteiger partial charge on any atom is -0.520 e. The van der Waals surface area contributed by atoms with Gasteiger partial charge in [0.1, 0.15) is 0 Å². The molecule has 0 aliphatic carbocycles. The average Bonchev–Trinajstić information content (AvgIpc) is 1.84. The molecule has 0 unspecified atom stereocenters. The molecule has 0 saturated carbocycles. The van der Waals surface area contributed by atoms with E-state index in [1.165, 1.54) is 0 Å². The first-order valence-corrected chi connectivity index (χ1v) is 6.96. The Bertz CT molecular complexity index is 156. The average molecular weight is 172 g/mol. The SMILES string of the molecule is C=C/C=C(/OC)O[Si](C)(C)C. The van der Waals surface area contributed by atoms with Crippen LogP contribution in [0.3, 0.4) is 0 Å². The van der Waals surface area contributed by atoms with Crippen LogP contribution in [0.5, 0.6) is 0 Å². The second kappa shape index (κ2) is 4.23. The van der Waals surface area contributed by atoms with E-state index in [4.69, 9.17) is 9.16 Å². The van der Waals surface area contributed by atoms with Crippen LogP contribution < -0.4 is 0 Å². The van der Waals surface area contributed by atoms with Gasteiger partial charge in [0.15, 0.2) is 0 Å². The fraction of sp³-hybridized carbons (Fsp3) is 0.500. The van der Waals surface area contributed by atoms with Crippen molar-refractivity contribution in [1.29, 1.82) is 0 Å². The summed E-state index contributed by atoms with van der Waals surface area (Å²) in [5.41, 5.74) is 0. The Kier molecular flexibility index (Phi) is 3.96. The predicted molar refractivity (Wildman–Crippen MR) is 49.7 cm³/mol. The highest BCUT2D eigenvalue weighted by atomic mass is 28.4. The molecule has 0 spiro atoms. The van der Waals surface area contributed by atoms with Crippen molar-refractivity contribution in [2.75, 3.05) is 7.11 Å². The third-order valence-corrected chi connectivity index (χ3v) is 1.68. The van der Waals surface area contributed by atoms with Gasteiger partial charge < -0.3 is 9.16 Å². The molecular formula is C8H16O2Si. The Morgan fingerprint density at radius 3 is 2.18 bits per heavy atom. The fourth-order valence-electron chi connectivity index (χ4n) is 0.542. The second-order valence-electron chi connectivity index (χ2n) is 3.14. The molecule has 0 heterocycles.